The van der Waals surface area contributed by atoms with Gasteiger partial charge in [-0.1, -0.05) is 66.7 Å². The number of nitrogens with two attached hydrogens (primary N) is 1. The monoisotopic (exact) mass is 692 g/mol. The number of benzene rings is 3. The van der Waals surface area contributed by atoms with Gasteiger partial charge in [0.25, 0.3) is 11.8 Å². The Balaban J connectivity index is 0.000000727. The Labute approximate surface area is 285 Å². The number of carbonyl (C=O) groups is 4. The highest BCUT2D eigenvalue weighted by molar-refractivity contribution is 6.11. The van der Waals surface area contributed by atoms with Crippen LogP contribution >= 0.6 is 0 Å². The van der Waals surface area contributed by atoms with Crippen LogP contribution in [0.15, 0.2) is 97.2 Å². The minimum atomic E-state index is -5.08. The number of aliphatic carboxylic acids is 2. The molecule has 0 aliphatic carbocycles. The van der Waals surface area contributed by atoms with Gasteiger partial charge >= 0.3 is 18.1 Å². The molecule has 0 bridgehead atoms. The number of aryl methyl sites for hydroxylation is 1. The minimum absolute atomic E-state index is 0.316. The molecule has 0 radical (unpaired) electrons. The number of amides is 2. The summed E-state index contributed by atoms with van der Waals surface area (Å²) >= 11 is 0. The zero-order chi connectivity index (χ0) is 36.4. The zero-order valence-corrected chi connectivity index (χ0v) is 26.9. The molecule has 0 spiro atoms. The number of anilines is 2. The predicted octanol–water partition coefficient (Wildman–Crippen LogP) is 6.07. The number of likely N-dealkylation sites (N-methyl/N-ethyl adjacent to an activating group) is 1. The van der Waals surface area contributed by atoms with Gasteiger partial charge in [0, 0.05) is 13.2 Å². The molecule has 1 aliphatic rings. The summed E-state index contributed by atoms with van der Waals surface area (Å²) in [6, 6.07) is 25.3. The van der Waals surface area contributed by atoms with Crippen molar-refractivity contribution in [1.82, 2.24) is 9.88 Å². The Morgan fingerprint density at radius 2 is 1.58 bits per heavy atom. The largest absolute Gasteiger partial charge is 0.490 e. The van der Waals surface area contributed by atoms with E-state index >= 15 is 0 Å². The lowest BCUT2D eigenvalue weighted by Gasteiger charge is -2.36. The van der Waals surface area contributed by atoms with E-state index in [1.165, 1.54) is 9.80 Å². The Morgan fingerprint density at radius 1 is 0.940 bits per heavy atom. The summed E-state index contributed by atoms with van der Waals surface area (Å²) < 4.78 is 37.5. The van der Waals surface area contributed by atoms with Gasteiger partial charge in [-0.05, 0) is 60.2 Å². The van der Waals surface area contributed by atoms with Crippen LogP contribution in [-0.2, 0) is 20.8 Å². The van der Waals surface area contributed by atoms with E-state index in [4.69, 9.17) is 20.4 Å². The number of pyridine rings is 1. The van der Waals surface area contributed by atoms with E-state index < -0.39 is 36.1 Å². The van der Waals surface area contributed by atoms with Crippen molar-refractivity contribution in [1.29, 1.82) is 0 Å². The van der Waals surface area contributed by atoms with Crippen molar-refractivity contribution in [2.24, 2.45) is 0 Å². The number of aromatic nitrogens is 1. The first-order valence-electron chi connectivity index (χ1n) is 15.5. The van der Waals surface area contributed by atoms with E-state index in [1.807, 2.05) is 36.4 Å². The molecular weight excluding hydrogens is 657 g/mol. The number of halogens is 3. The number of alkyl halides is 3. The van der Waals surface area contributed by atoms with Crippen LogP contribution < -0.4 is 15.4 Å². The fourth-order valence-electron chi connectivity index (χ4n) is 5.50. The number of carbonyl (C=O) groups excluding carboxylic acids is 2. The quantitative estimate of drug-likeness (QED) is 0.158. The molecule has 4 aromatic rings. The molecule has 0 saturated carbocycles. The van der Waals surface area contributed by atoms with Crippen molar-refractivity contribution in [2.45, 2.75) is 43.9 Å². The Kier molecular flexibility index (Phi) is 12.1. The fourth-order valence-corrected chi connectivity index (χ4v) is 5.50. The summed E-state index contributed by atoms with van der Waals surface area (Å²) in [5.74, 6) is -3.64. The highest BCUT2D eigenvalue weighted by Crippen LogP contribution is 2.41. The van der Waals surface area contributed by atoms with E-state index in [2.05, 4.69) is 4.98 Å². The number of ether oxygens (including phenoxy) is 1. The number of nitrogens with zero attached hydrogens (tertiary/aromatic N) is 3. The first-order valence-corrected chi connectivity index (χ1v) is 15.5. The molecule has 0 saturated heterocycles. The maximum Gasteiger partial charge on any atom is 0.490 e. The van der Waals surface area contributed by atoms with Crippen LogP contribution in [-0.4, -0.2) is 63.7 Å². The Morgan fingerprint density at radius 3 is 2.18 bits per heavy atom. The SMILES string of the molecule is CN1C(=O)C(c2ccccc2)N(C(CC(=O)O)c2ccccc2)C(=O)c2cc(CCCCOc3cccnc3N)ccc21.O=C(O)C(F)(F)F. The molecule has 262 valence electrons. The molecular formula is C36H35F3N4O7. The van der Waals surface area contributed by atoms with Gasteiger partial charge in [-0.15, -0.1) is 0 Å². The fraction of sp³-hybridized carbons (Fsp3) is 0.250. The Bertz CT molecular complexity index is 1810. The second kappa shape index (κ2) is 16.5. The van der Waals surface area contributed by atoms with Crippen LogP contribution in [0.4, 0.5) is 24.7 Å². The van der Waals surface area contributed by atoms with E-state index in [0.29, 0.717) is 47.0 Å². The molecule has 3 aromatic carbocycles. The van der Waals surface area contributed by atoms with Gasteiger partial charge in [0.2, 0.25) is 0 Å². The second-order valence-corrected chi connectivity index (χ2v) is 11.3. The molecule has 2 atom stereocenters. The second-order valence-electron chi connectivity index (χ2n) is 11.3. The molecule has 14 heteroatoms. The maximum absolute atomic E-state index is 14.5. The van der Waals surface area contributed by atoms with Crippen molar-refractivity contribution in [3.63, 3.8) is 0 Å². The Hall–Kier alpha value is -5.92. The molecule has 50 heavy (non-hydrogen) atoms. The van der Waals surface area contributed by atoms with Gasteiger partial charge in [0.1, 0.15) is 6.04 Å². The van der Waals surface area contributed by atoms with E-state index in [0.717, 1.165) is 18.4 Å². The summed E-state index contributed by atoms with van der Waals surface area (Å²) in [4.78, 5) is 56.7. The molecule has 11 nitrogen and oxygen atoms in total. The number of nitrogen functional groups attached to an aromatic ring is 1. The summed E-state index contributed by atoms with van der Waals surface area (Å²) in [5, 5.41) is 17.0. The third kappa shape index (κ3) is 9.15. The first-order chi connectivity index (χ1) is 23.8. The van der Waals surface area contributed by atoms with Crippen molar-refractivity contribution >= 4 is 35.3 Å². The van der Waals surface area contributed by atoms with Crippen LogP contribution in [0.3, 0.4) is 0 Å². The summed E-state index contributed by atoms with van der Waals surface area (Å²) in [7, 11) is 1.66. The van der Waals surface area contributed by atoms with Gasteiger partial charge < -0.3 is 30.5 Å². The normalized spacial score (nSPS) is 14.9. The third-order valence-corrected chi connectivity index (χ3v) is 7.89. The lowest BCUT2D eigenvalue weighted by Crippen LogP contribution is -2.43. The van der Waals surface area contributed by atoms with Crippen molar-refractivity contribution in [3.8, 4) is 5.75 Å². The topological polar surface area (TPSA) is 163 Å². The predicted molar refractivity (Wildman–Crippen MR) is 177 cm³/mol. The zero-order valence-electron chi connectivity index (χ0n) is 26.9. The van der Waals surface area contributed by atoms with E-state index in [9.17, 15) is 32.7 Å². The van der Waals surface area contributed by atoms with Crippen LogP contribution in [0.2, 0.25) is 0 Å². The lowest BCUT2D eigenvalue weighted by molar-refractivity contribution is -0.192. The van der Waals surface area contributed by atoms with Crippen LogP contribution in [0, 0.1) is 0 Å². The van der Waals surface area contributed by atoms with Crippen molar-refractivity contribution in [2.75, 3.05) is 24.3 Å². The molecule has 4 N–H and O–H groups in total. The number of fused-ring (bicyclic) bond motifs is 1. The number of rotatable bonds is 11. The highest BCUT2D eigenvalue weighted by Gasteiger charge is 2.43. The van der Waals surface area contributed by atoms with Crippen LogP contribution in [0.1, 0.15) is 58.4 Å². The first kappa shape index (κ1) is 36.9. The number of carboxylic acids is 2. The smallest absolute Gasteiger partial charge is 0.490 e. The number of hydrogen-bond donors (Lipinski definition) is 3. The van der Waals surface area contributed by atoms with Crippen LogP contribution in [0.25, 0.3) is 0 Å². The highest BCUT2D eigenvalue weighted by atomic mass is 19.4. The minimum Gasteiger partial charge on any atom is -0.490 e. The summed E-state index contributed by atoms with van der Waals surface area (Å²) in [6.45, 7) is 0.470. The maximum atomic E-state index is 14.5. The van der Waals surface area contributed by atoms with E-state index in [1.54, 1.807) is 67.8 Å². The van der Waals surface area contributed by atoms with Gasteiger partial charge in [0.05, 0.1) is 30.3 Å². The number of carboxylic acid groups (broad SMARTS) is 2. The third-order valence-electron chi connectivity index (χ3n) is 7.89. The molecule has 2 heterocycles. The molecule has 5 rings (SSSR count). The van der Waals surface area contributed by atoms with Crippen LogP contribution in [0.5, 0.6) is 5.75 Å². The summed E-state index contributed by atoms with van der Waals surface area (Å²) in [5.41, 5.74) is 8.88. The lowest BCUT2D eigenvalue weighted by atomic mass is 9.95. The van der Waals surface area contributed by atoms with Gasteiger partial charge in [-0.2, -0.15) is 13.2 Å². The van der Waals surface area contributed by atoms with Crippen molar-refractivity contribution in [3.05, 3.63) is 119 Å². The number of hydrogen-bond acceptors (Lipinski definition) is 7. The molecule has 2 amide bonds. The standard InChI is InChI=1S/C34H34N4O5.C2HF3O2/c1-37-27-18-17-23(11-8-9-20-43-29-16-10-19-36-32(29)35)21-26(27)33(41)38(31(34(37)42)25-14-6-3-7-15-25)28(22-30(39)40)24-12-4-2-5-13-24;3-2(4,5)1(6)7/h2-7,10,12-19,21,28,31H,8-9,11,20,22H2,1H3,(H2,35,36)(H,39,40);(H,6,7). The molecule has 1 aliphatic heterocycles. The summed E-state index contributed by atoms with van der Waals surface area (Å²) in [6.07, 6.45) is -1.59. The van der Waals surface area contributed by atoms with E-state index in [-0.39, 0.29) is 12.3 Å². The molecule has 1 aromatic heterocycles. The average molecular weight is 693 g/mol. The van der Waals surface area contributed by atoms with Gasteiger partial charge in [0.15, 0.2) is 11.6 Å². The van der Waals surface area contributed by atoms with Crippen molar-refractivity contribution < 1.29 is 47.3 Å². The average Bonchev–Trinajstić information content (AvgIpc) is 3.17. The van der Waals surface area contributed by atoms with Gasteiger partial charge in [-0.3, -0.25) is 14.4 Å². The van der Waals surface area contributed by atoms with Gasteiger partial charge in [-0.25, -0.2) is 9.78 Å². The molecule has 0 fully saturated rings. The number of unbranched alkanes of at least 4 members (excludes halogenated alkanes) is 1. The molecule has 2 unspecified atom stereocenters.